The highest BCUT2D eigenvalue weighted by Crippen LogP contribution is 2.27. The molecular formula is C21H34N4O2S. The molecule has 0 radical (unpaired) electrons. The lowest BCUT2D eigenvalue weighted by molar-refractivity contribution is -0.136. The zero-order valence-corrected chi connectivity index (χ0v) is 18.2. The summed E-state index contributed by atoms with van der Waals surface area (Å²) in [5.41, 5.74) is 1.13. The van der Waals surface area contributed by atoms with Crippen molar-refractivity contribution in [2.24, 2.45) is 10.9 Å². The maximum absolute atomic E-state index is 12.7. The zero-order valence-electron chi connectivity index (χ0n) is 17.4. The molecule has 2 N–H and O–H groups in total. The number of aliphatic imine (C=N–C) groups is 1. The van der Waals surface area contributed by atoms with Gasteiger partial charge in [0.25, 0.3) is 0 Å². The maximum Gasteiger partial charge on any atom is 0.225 e. The van der Waals surface area contributed by atoms with Crippen molar-refractivity contribution in [3.8, 4) is 0 Å². The molecule has 28 heavy (non-hydrogen) atoms. The van der Waals surface area contributed by atoms with Crippen molar-refractivity contribution in [1.82, 2.24) is 15.5 Å². The van der Waals surface area contributed by atoms with Gasteiger partial charge in [-0.15, -0.1) is 0 Å². The fraction of sp³-hybridized carbons (Fsp3) is 0.714. The molecule has 1 aromatic heterocycles. The van der Waals surface area contributed by atoms with Gasteiger partial charge in [0.1, 0.15) is 11.5 Å². The number of hydrogen-bond donors (Lipinski definition) is 2. The summed E-state index contributed by atoms with van der Waals surface area (Å²) in [7, 11) is 0. The number of nitrogens with zero attached hydrogens (tertiary/aromatic N) is 2. The summed E-state index contributed by atoms with van der Waals surface area (Å²) in [5.74, 6) is 5.47. The summed E-state index contributed by atoms with van der Waals surface area (Å²) in [4.78, 5) is 19.5. The van der Waals surface area contributed by atoms with Gasteiger partial charge in [-0.1, -0.05) is 0 Å². The van der Waals surface area contributed by atoms with Crippen LogP contribution >= 0.6 is 11.8 Å². The van der Waals surface area contributed by atoms with Gasteiger partial charge in [0.2, 0.25) is 5.91 Å². The minimum atomic E-state index is 0.206. The van der Waals surface area contributed by atoms with E-state index in [0.29, 0.717) is 18.5 Å². The molecule has 2 fully saturated rings. The van der Waals surface area contributed by atoms with Crippen LogP contribution in [-0.4, -0.2) is 53.9 Å². The third kappa shape index (κ3) is 5.69. The molecule has 2 heterocycles. The molecule has 2 aliphatic rings. The van der Waals surface area contributed by atoms with Crippen molar-refractivity contribution in [1.29, 1.82) is 0 Å². The molecule has 1 aromatic rings. The van der Waals surface area contributed by atoms with Crippen LogP contribution in [-0.2, 0) is 11.3 Å². The predicted molar refractivity (Wildman–Crippen MR) is 116 cm³/mol. The van der Waals surface area contributed by atoms with Crippen LogP contribution in [0.2, 0.25) is 0 Å². The van der Waals surface area contributed by atoms with Crippen molar-refractivity contribution in [3.05, 3.63) is 23.2 Å². The van der Waals surface area contributed by atoms with E-state index >= 15 is 0 Å². The molecular weight excluding hydrogens is 372 g/mol. The summed E-state index contributed by atoms with van der Waals surface area (Å²) < 4.78 is 5.59. The third-order valence-electron chi connectivity index (χ3n) is 5.64. The first kappa shape index (κ1) is 21.1. The molecule has 1 saturated carbocycles. The largest absolute Gasteiger partial charge is 0.466 e. The lowest BCUT2D eigenvalue weighted by atomic mass is 9.85. The summed E-state index contributed by atoms with van der Waals surface area (Å²) in [6.45, 7) is 9.31. The Bertz CT molecular complexity index is 674. The van der Waals surface area contributed by atoms with Crippen LogP contribution in [0.4, 0.5) is 0 Å². The molecule has 0 unspecified atom stereocenters. The SMILES string of the molecule is CCNC(=NCc1cc(C)oc1C)NC1CCC(C(=O)N2CCSCC2)CC1. The summed E-state index contributed by atoms with van der Waals surface area (Å²) in [6.07, 6.45) is 3.99. The standard InChI is InChI=1S/C21H34N4O2S/c1-4-22-21(23-14-18-13-15(2)27-16(18)3)24-19-7-5-17(6-8-19)20(26)25-9-11-28-12-10-25/h13,17,19H,4-12,14H2,1-3H3,(H2,22,23,24). The van der Waals surface area contributed by atoms with Gasteiger partial charge in [-0.05, 0) is 52.5 Å². The first-order chi connectivity index (χ1) is 13.6. The predicted octanol–water partition coefficient (Wildman–Crippen LogP) is 3.09. The van der Waals surface area contributed by atoms with E-state index in [2.05, 4.69) is 28.5 Å². The lowest BCUT2D eigenvalue weighted by Gasteiger charge is -2.34. The summed E-state index contributed by atoms with van der Waals surface area (Å²) in [5, 5.41) is 6.92. The fourth-order valence-electron chi connectivity index (χ4n) is 4.04. The highest BCUT2D eigenvalue weighted by atomic mass is 32.2. The lowest BCUT2D eigenvalue weighted by Crippen LogP contribution is -2.47. The van der Waals surface area contributed by atoms with Crippen LogP contribution in [0.1, 0.15) is 49.7 Å². The molecule has 0 aromatic carbocycles. The van der Waals surface area contributed by atoms with Crippen LogP contribution in [0.5, 0.6) is 0 Å². The Balaban J connectivity index is 1.50. The third-order valence-corrected chi connectivity index (χ3v) is 6.58. The van der Waals surface area contributed by atoms with Gasteiger partial charge in [0, 0.05) is 48.7 Å². The van der Waals surface area contributed by atoms with Gasteiger partial charge in [0.05, 0.1) is 6.54 Å². The van der Waals surface area contributed by atoms with Crippen molar-refractivity contribution in [2.75, 3.05) is 31.1 Å². The number of carbonyl (C=O) groups is 1. The number of aryl methyl sites for hydroxylation is 2. The summed E-state index contributed by atoms with van der Waals surface area (Å²) >= 11 is 1.95. The zero-order chi connectivity index (χ0) is 19.9. The maximum atomic E-state index is 12.7. The number of guanidine groups is 1. The second-order valence-corrected chi connectivity index (χ2v) is 8.99. The van der Waals surface area contributed by atoms with E-state index in [-0.39, 0.29) is 5.92 Å². The van der Waals surface area contributed by atoms with Crippen LogP contribution in [0.3, 0.4) is 0 Å². The van der Waals surface area contributed by atoms with Gasteiger partial charge < -0.3 is 20.0 Å². The number of furan rings is 1. The second kappa shape index (κ2) is 10.2. The normalized spacial score (nSPS) is 23.5. The Labute approximate surface area is 172 Å². The van der Waals surface area contributed by atoms with Gasteiger partial charge in [-0.3, -0.25) is 4.79 Å². The topological polar surface area (TPSA) is 69.9 Å². The molecule has 156 valence electrons. The number of nitrogens with one attached hydrogen (secondary N) is 2. The van der Waals surface area contributed by atoms with Crippen LogP contribution in [0.25, 0.3) is 0 Å². The Kier molecular flexibility index (Phi) is 7.71. The summed E-state index contributed by atoms with van der Waals surface area (Å²) in [6, 6.07) is 2.43. The van der Waals surface area contributed by atoms with Crippen molar-refractivity contribution in [2.45, 2.75) is 59.0 Å². The number of carbonyl (C=O) groups excluding carboxylic acids is 1. The average molecular weight is 407 g/mol. The minimum absolute atomic E-state index is 0.206. The number of rotatable bonds is 5. The molecule has 1 aliphatic carbocycles. The first-order valence-corrected chi connectivity index (χ1v) is 11.7. The van der Waals surface area contributed by atoms with Crippen molar-refractivity contribution < 1.29 is 9.21 Å². The highest BCUT2D eigenvalue weighted by Gasteiger charge is 2.30. The Hall–Kier alpha value is -1.63. The molecule has 1 amide bonds. The number of thioether (sulfide) groups is 1. The van der Waals surface area contributed by atoms with E-state index in [1.165, 1.54) is 0 Å². The van der Waals surface area contributed by atoms with E-state index < -0.39 is 0 Å². The van der Waals surface area contributed by atoms with E-state index in [1.54, 1.807) is 0 Å². The van der Waals surface area contributed by atoms with E-state index in [1.807, 2.05) is 25.6 Å². The molecule has 0 spiro atoms. The molecule has 3 rings (SSSR count). The average Bonchev–Trinajstić information content (AvgIpc) is 3.04. The molecule has 1 saturated heterocycles. The molecule has 1 aliphatic heterocycles. The van der Waals surface area contributed by atoms with Crippen molar-refractivity contribution in [3.63, 3.8) is 0 Å². The fourth-order valence-corrected chi connectivity index (χ4v) is 4.95. The Morgan fingerprint density at radius 1 is 1.25 bits per heavy atom. The van der Waals surface area contributed by atoms with Gasteiger partial charge in [0.15, 0.2) is 5.96 Å². The van der Waals surface area contributed by atoms with Crippen LogP contribution in [0.15, 0.2) is 15.5 Å². The quantitative estimate of drug-likeness (QED) is 0.581. The highest BCUT2D eigenvalue weighted by molar-refractivity contribution is 7.99. The number of amides is 1. The minimum Gasteiger partial charge on any atom is -0.466 e. The van der Waals surface area contributed by atoms with Gasteiger partial charge in [-0.2, -0.15) is 11.8 Å². The van der Waals surface area contributed by atoms with E-state index in [0.717, 1.165) is 79.9 Å². The van der Waals surface area contributed by atoms with Crippen LogP contribution < -0.4 is 10.6 Å². The Morgan fingerprint density at radius 3 is 2.57 bits per heavy atom. The smallest absolute Gasteiger partial charge is 0.225 e. The van der Waals surface area contributed by atoms with E-state index in [9.17, 15) is 4.79 Å². The van der Waals surface area contributed by atoms with Crippen LogP contribution in [0, 0.1) is 19.8 Å². The Morgan fingerprint density at radius 2 is 1.96 bits per heavy atom. The van der Waals surface area contributed by atoms with Gasteiger partial charge in [-0.25, -0.2) is 4.99 Å². The van der Waals surface area contributed by atoms with E-state index in [4.69, 9.17) is 9.41 Å². The first-order valence-electron chi connectivity index (χ1n) is 10.5. The molecule has 0 bridgehead atoms. The molecule has 7 heteroatoms. The molecule has 6 nitrogen and oxygen atoms in total. The van der Waals surface area contributed by atoms with Gasteiger partial charge >= 0.3 is 0 Å². The van der Waals surface area contributed by atoms with Crippen molar-refractivity contribution >= 4 is 23.6 Å². The second-order valence-electron chi connectivity index (χ2n) is 7.76. The monoisotopic (exact) mass is 406 g/mol. The molecule has 0 atom stereocenters. The number of hydrogen-bond acceptors (Lipinski definition) is 4.